The van der Waals surface area contributed by atoms with Crippen LogP contribution >= 0.6 is 34.5 Å². The number of hydrogen-bond donors (Lipinski definition) is 2. The van der Waals surface area contributed by atoms with Crippen molar-refractivity contribution < 1.29 is 0 Å². The molecule has 0 aromatic carbocycles. The van der Waals surface area contributed by atoms with Gasteiger partial charge in [0.2, 0.25) is 0 Å². The third kappa shape index (κ3) is 3.61. The number of aromatic amines is 1. The minimum absolute atomic E-state index is 0.517. The van der Waals surface area contributed by atoms with Gasteiger partial charge in [-0.05, 0) is 23.3 Å². The second kappa shape index (κ2) is 7.00. The van der Waals surface area contributed by atoms with Crippen molar-refractivity contribution >= 4 is 50.7 Å². The molecule has 4 aromatic heterocycles. The zero-order valence-electron chi connectivity index (χ0n) is 13.0. The maximum Gasteiger partial charge on any atom is 0.184 e. The largest absolute Gasteiger partial charge is 0.357 e. The minimum Gasteiger partial charge on any atom is -0.357 e. The highest BCUT2D eigenvalue weighted by Gasteiger charge is 2.13. The number of nitrogens with one attached hydrogen (secondary N) is 2. The molecule has 126 valence electrons. The van der Waals surface area contributed by atoms with E-state index in [-0.39, 0.29) is 0 Å². The highest BCUT2D eigenvalue weighted by atomic mass is 35.5. The van der Waals surface area contributed by atoms with E-state index >= 15 is 0 Å². The smallest absolute Gasteiger partial charge is 0.184 e. The van der Waals surface area contributed by atoms with Gasteiger partial charge in [-0.2, -0.15) is 0 Å². The molecule has 25 heavy (non-hydrogen) atoms. The Kier molecular flexibility index (Phi) is 4.57. The van der Waals surface area contributed by atoms with Crippen molar-refractivity contribution in [3.63, 3.8) is 0 Å². The van der Waals surface area contributed by atoms with Crippen LogP contribution in [0.2, 0.25) is 10.2 Å². The maximum absolute atomic E-state index is 6.32. The van der Waals surface area contributed by atoms with E-state index in [0.29, 0.717) is 23.1 Å². The van der Waals surface area contributed by atoms with E-state index in [1.54, 1.807) is 23.7 Å². The monoisotopic (exact) mass is 389 g/mol. The summed E-state index contributed by atoms with van der Waals surface area (Å²) in [6.07, 6.45) is 7.82. The Balaban J connectivity index is 1.53. The highest BCUT2D eigenvalue weighted by molar-refractivity contribution is 7.16. The van der Waals surface area contributed by atoms with Crippen LogP contribution in [0.25, 0.3) is 11.0 Å². The fourth-order valence-electron chi connectivity index (χ4n) is 2.55. The molecule has 0 amide bonds. The molecule has 4 rings (SSSR count). The van der Waals surface area contributed by atoms with Crippen molar-refractivity contribution in [1.29, 1.82) is 0 Å². The summed E-state index contributed by atoms with van der Waals surface area (Å²) in [4.78, 5) is 16.9. The Bertz CT molecular complexity index is 1010. The number of thiazole rings is 1. The molecule has 0 radical (unpaired) electrons. The van der Waals surface area contributed by atoms with E-state index in [9.17, 15) is 0 Å². The zero-order chi connectivity index (χ0) is 17.2. The van der Waals surface area contributed by atoms with Crippen molar-refractivity contribution in [1.82, 2.24) is 19.9 Å². The van der Waals surface area contributed by atoms with Gasteiger partial charge in [-0.1, -0.05) is 29.3 Å². The molecule has 0 spiro atoms. The van der Waals surface area contributed by atoms with Crippen LogP contribution in [0.4, 0.5) is 5.13 Å². The summed E-state index contributed by atoms with van der Waals surface area (Å²) in [5.74, 6) is 0. The molecule has 4 aromatic rings. The first kappa shape index (κ1) is 16.3. The lowest BCUT2D eigenvalue weighted by Crippen LogP contribution is -1.98. The summed E-state index contributed by atoms with van der Waals surface area (Å²) in [5, 5.41) is 6.21. The molecule has 8 heteroatoms. The average molecular weight is 390 g/mol. The minimum atomic E-state index is 0.517. The van der Waals surface area contributed by atoms with Gasteiger partial charge in [0.25, 0.3) is 0 Å². The van der Waals surface area contributed by atoms with Crippen LogP contribution in [-0.2, 0) is 13.0 Å². The number of rotatable bonds is 5. The van der Waals surface area contributed by atoms with Crippen molar-refractivity contribution in [2.75, 3.05) is 5.32 Å². The third-order valence-corrected chi connectivity index (χ3v) is 5.40. The molecule has 0 aliphatic rings. The lowest BCUT2D eigenvalue weighted by Gasteiger charge is -2.01. The molecule has 0 saturated carbocycles. The maximum atomic E-state index is 6.32. The normalized spacial score (nSPS) is 11.1. The van der Waals surface area contributed by atoms with Crippen molar-refractivity contribution in [3.8, 4) is 0 Å². The molecule has 4 heterocycles. The second-order valence-electron chi connectivity index (χ2n) is 5.49. The molecule has 2 N–H and O–H groups in total. The van der Waals surface area contributed by atoms with Gasteiger partial charge in [0, 0.05) is 43.1 Å². The van der Waals surface area contributed by atoms with Crippen LogP contribution in [0.5, 0.6) is 0 Å². The van der Waals surface area contributed by atoms with E-state index in [4.69, 9.17) is 23.2 Å². The van der Waals surface area contributed by atoms with Crippen molar-refractivity contribution in [3.05, 3.63) is 69.2 Å². The number of H-pyrrole nitrogens is 1. The number of nitrogens with zero attached hydrogens (tertiary/aromatic N) is 3. The third-order valence-electron chi connectivity index (χ3n) is 3.75. The molecule has 0 saturated heterocycles. The first-order chi connectivity index (χ1) is 12.2. The summed E-state index contributed by atoms with van der Waals surface area (Å²) < 4.78 is 0. The Hall–Kier alpha value is -2.15. The summed E-state index contributed by atoms with van der Waals surface area (Å²) in [6.45, 7) is 0.656. The van der Waals surface area contributed by atoms with E-state index in [1.165, 1.54) is 0 Å². The number of halogens is 2. The van der Waals surface area contributed by atoms with Gasteiger partial charge >= 0.3 is 0 Å². The summed E-state index contributed by atoms with van der Waals surface area (Å²) in [5.41, 5.74) is 3.00. The topological polar surface area (TPSA) is 66.5 Å². The summed E-state index contributed by atoms with van der Waals surface area (Å²) in [7, 11) is 0. The quantitative estimate of drug-likeness (QED) is 0.507. The second-order valence-corrected chi connectivity index (χ2v) is 7.37. The predicted octanol–water partition coefficient (Wildman–Crippen LogP) is 4.92. The zero-order valence-corrected chi connectivity index (χ0v) is 15.3. The highest BCUT2D eigenvalue weighted by Crippen LogP contribution is 2.31. The molecule has 0 unspecified atom stereocenters. The van der Waals surface area contributed by atoms with E-state index in [0.717, 1.165) is 32.2 Å². The van der Waals surface area contributed by atoms with E-state index < -0.39 is 0 Å². The first-order valence-electron chi connectivity index (χ1n) is 7.58. The molecule has 0 aliphatic carbocycles. The van der Waals surface area contributed by atoms with Crippen LogP contribution in [0.15, 0.2) is 43.0 Å². The van der Waals surface area contributed by atoms with Gasteiger partial charge in [0.15, 0.2) is 5.13 Å². The van der Waals surface area contributed by atoms with E-state index in [1.807, 2.05) is 30.6 Å². The molecule has 0 fully saturated rings. The predicted molar refractivity (Wildman–Crippen MR) is 103 cm³/mol. The lowest BCUT2D eigenvalue weighted by molar-refractivity contribution is 1.10. The standard InChI is InChI=1S/C17H13Cl2N5S/c18-12-5-13-11(8-21-16(13)22-9-12)4-14-15(19)24-17(25-14)23-7-10-2-1-3-20-6-10/h1-3,5-6,8-9H,4,7H2,(H,21,22)(H,23,24). The number of anilines is 1. The molecular formula is C17H13Cl2N5S. The van der Waals surface area contributed by atoms with Gasteiger partial charge in [-0.15, -0.1) is 11.3 Å². The van der Waals surface area contributed by atoms with Crippen LogP contribution in [-0.4, -0.2) is 19.9 Å². The summed E-state index contributed by atoms with van der Waals surface area (Å²) in [6, 6.07) is 5.83. The number of aromatic nitrogens is 4. The van der Waals surface area contributed by atoms with Crippen LogP contribution in [0.3, 0.4) is 0 Å². The number of hydrogen-bond acceptors (Lipinski definition) is 5. The van der Waals surface area contributed by atoms with E-state index in [2.05, 4.69) is 25.3 Å². The van der Waals surface area contributed by atoms with Crippen LogP contribution in [0, 0.1) is 0 Å². The fraction of sp³-hybridized carbons (Fsp3) is 0.118. The molecule has 0 aliphatic heterocycles. The van der Waals surface area contributed by atoms with Gasteiger partial charge in [-0.25, -0.2) is 9.97 Å². The Labute approximate surface area is 158 Å². The summed E-state index contributed by atoms with van der Waals surface area (Å²) >= 11 is 13.9. The molecule has 0 bridgehead atoms. The average Bonchev–Trinajstić information content (AvgIpc) is 3.18. The van der Waals surface area contributed by atoms with Crippen molar-refractivity contribution in [2.24, 2.45) is 0 Å². The fourth-order valence-corrected chi connectivity index (χ4v) is 3.90. The SMILES string of the molecule is Clc1cnc2[nH]cc(Cc3sc(NCc4cccnc4)nc3Cl)c2c1. The van der Waals surface area contributed by atoms with Gasteiger partial charge in [-0.3, -0.25) is 4.98 Å². The number of pyridine rings is 2. The molecule has 0 atom stereocenters. The lowest BCUT2D eigenvalue weighted by atomic mass is 10.1. The molecular weight excluding hydrogens is 377 g/mol. The van der Waals surface area contributed by atoms with Gasteiger partial charge < -0.3 is 10.3 Å². The van der Waals surface area contributed by atoms with Crippen LogP contribution in [0.1, 0.15) is 16.0 Å². The first-order valence-corrected chi connectivity index (χ1v) is 9.16. The van der Waals surface area contributed by atoms with Gasteiger partial charge in [0.1, 0.15) is 10.8 Å². The molecule has 5 nitrogen and oxygen atoms in total. The number of fused-ring (bicyclic) bond motifs is 1. The van der Waals surface area contributed by atoms with Crippen molar-refractivity contribution in [2.45, 2.75) is 13.0 Å². The Morgan fingerprint density at radius 2 is 2.16 bits per heavy atom. The van der Waals surface area contributed by atoms with Crippen LogP contribution < -0.4 is 5.32 Å². The van der Waals surface area contributed by atoms with Gasteiger partial charge in [0.05, 0.1) is 9.90 Å². The Morgan fingerprint density at radius 3 is 3.00 bits per heavy atom. The Morgan fingerprint density at radius 1 is 1.24 bits per heavy atom.